The molecule has 0 aliphatic rings. The Hall–Kier alpha value is -1.46. The van der Waals surface area contributed by atoms with Gasteiger partial charge < -0.3 is 15.5 Å². The molecule has 1 rings (SSSR count). The highest BCUT2D eigenvalue weighted by molar-refractivity contribution is 5.76. The van der Waals surface area contributed by atoms with Crippen molar-refractivity contribution < 1.29 is 19.4 Å². The molecule has 0 heterocycles. The first kappa shape index (κ1) is 13.6. The summed E-state index contributed by atoms with van der Waals surface area (Å²) in [6.07, 6.45) is 0.649. The molecule has 0 fully saturated rings. The lowest BCUT2D eigenvalue weighted by Crippen LogP contribution is -2.45. The molecule has 1 unspecified atom stereocenters. The fraction of sp³-hybridized carbons (Fsp3) is 0.417. The Morgan fingerprint density at radius 3 is 2.53 bits per heavy atom. The minimum Gasteiger partial charge on any atom is -0.479 e. The molecule has 1 aromatic carbocycles. The van der Waals surface area contributed by atoms with Crippen LogP contribution in [0.2, 0.25) is 0 Å². The van der Waals surface area contributed by atoms with Crippen LogP contribution in [0.3, 0.4) is 0 Å². The molecule has 4 nitrogen and oxygen atoms in total. The molecule has 1 aromatic rings. The number of carbonyl (C=O) groups is 1. The van der Waals surface area contributed by atoms with Crippen LogP contribution in [0.15, 0.2) is 24.3 Å². The van der Waals surface area contributed by atoms with Gasteiger partial charge in [0.15, 0.2) is 5.60 Å². The minimum atomic E-state index is -1.76. The van der Waals surface area contributed by atoms with E-state index >= 15 is 0 Å². The summed E-state index contributed by atoms with van der Waals surface area (Å²) in [5.74, 6) is -1.54. The van der Waals surface area contributed by atoms with Gasteiger partial charge in [-0.2, -0.15) is 0 Å². The molecule has 5 heteroatoms. The number of halogens is 1. The van der Waals surface area contributed by atoms with Crippen molar-refractivity contribution in [3.8, 4) is 0 Å². The molecule has 0 aliphatic carbocycles. The Morgan fingerprint density at radius 1 is 1.41 bits per heavy atom. The van der Waals surface area contributed by atoms with Gasteiger partial charge in [-0.3, -0.25) is 0 Å². The van der Waals surface area contributed by atoms with E-state index in [1.54, 1.807) is 12.1 Å². The summed E-state index contributed by atoms with van der Waals surface area (Å²) in [6.45, 7) is 1.73. The van der Waals surface area contributed by atoms with Gasteiger partial charge in [-0.25, -0.2) is 9.18 Å². The fourth-order valence-electron chi connectivity index (χ4n) is 1.29. The predicted molar refractivity (Wildman–Crippen MR) is 61.2 cm³/mol. The average molecular weight is 241 g/mol. The lowest BCUT2D eigenvalue weighted by atomic mass is 10.1. The van der Waals surface area contributed by atoms with E-state index in [-0.39, 0.29) is 12.4 Å². The van der Waals surface area contributed by atoms with Crippen molar-refractivity contribution in [3.05, 3.63) is 35.6 Å². The van der Waals surface area contributed by atoms with E-state index < -0.39 is 11.6 Å². The van der Waals surface area contributed by atoms with Crippen LogP contribution in [0.5, 0.6) is 0 Å². The number of hydrogen-bond donors (Lipinski definition) is 3. The van der Waals surface area contributed by atoms with E-state index in [0.717, 1.165) is 5.56 Å². The SMILES string of the molecule is CC(O)(CNCCc1ccc(F)cc1)C(=O)O. The van der Waals surface area contributed by atoms with Gasteiger partial charge in [0.1, 0.15) is 5.82 Å². The van der Waals surface area contributed by atoms with Gasteiger partial charge in [-0.15, -0.1) is 0 Å². The zero-order valence-corrected chi connectivity index (χ0v) is 9.61. The number of carboxylic acids is 1. The van der Waals surface area contributed by atoms with Gasteiger partial charge in [-0.1, -0.05) is 12.1 Å². The third-order valence-electron chi connectivity index (χ3n) is 2.43. The molecule has 0 radical (unpaired) electrons. The number of rotatable bonds is 6. The van der Waals surface area contributed by atoms with Gasteiger partial charge in [0.25, 0.3) is 0 Å². The largest absolute Gasteiger partial charge is 0.479 e. The molecular formula is C12H16FNO3. The normalized spacial score (nSPS) is 14.3. The van der Waals surface area contributed by atoms with Crippen molar-refractivity contribution in [3.63, 3.8) is 0 Å². The second-order valence-electron chi connectivity index (χ2n) is 4.13. The summed E-state index contributed by atoms with van der Waals surface area (Å²) in [7, 11) is 0. The molecule has 0 aliphatic heterocycles. The molecule has 0 aromatic heterocycles. The fourth-order valence-corrected chi connectivity index (χ4v) is 1.29. The molecule has 17 heavy (non-hydrogen) atoms. The van der Waals surface area contributed by atoms with Crippen LogP contribution in [0.1, 0.15) is 12.5 Å². The lowest BCUT2D eigenvalue weighted by Gasteiger charge is -2.18. The van der Waals surface area contributed by atoms with Crippen molar-refractivity contribution >= 4 is 5.97 Å². The standard InChI is InChI=1S/C12H16FNO3/c1-12(17,11(15)16)8-14-7-6-9-2-4-10(13)5-3-9/h2-5,14,17H,6-8H2,1H3,(H,15,16). The highest BCUT2D eigenvalue weighted by atomic mass is 19.1. The average Bonchev–Trinajstić information content (AvgIpc) is 2.26. The molecule has 0 bridgehead atoms. The van der Waals surface area contributed by atoms with Crippen LogP contribution in [-0.4, -0.2) is 34.9 Å². The van der Waals surface area contributed by atoms with Crippen LogP contribution in [-0.2, 0) is 11.2 Å². The number of benzene rings is 1. The Bertz CT molecular complexity index is 376. The number of carboxylic acid groups (broad SMARTS) is 1. The summed E-state index contributed by atoms with van der Waals surface area (Å²) >= 11 is 0. The van der Waals surface area contributed by atoms with Gasteiger partial charge in [0.05, 0.1) is 0 Å². The van der Waals surface area contributed by atoms with Gasteiger partial charge in [-0.05, 0) is 37.6 Å². The Morgan fingerprint density at radius 2 is 2.00 bits per heavy atom. The number of nitrogens with one attached hydrogen (secondary N) is 1. The van der Waals surface area contributed by atoms with E-state index in [1.807, 2.05) is 0 Å². The summed E-state index contributed by atoms with van der Waals surface area (Å²) in [5.41, 5.74) is -0.808. The van der Waals surface area contributed by atoms with Gasteiger partial charge >= 0.3 is 5.97 Å². The molecule has 1 atom stereocenters. The maximum Gasteiger partial charge on any atom is 0.336 e. The first-order valence-electron chi connectivity index (χ1n) is 5.33. The maximum absolute atomic E-state index is 12.6. The Kier molecular flexibility index (Phi) is 4.60. The zero-order valence-electron chi connectivity index (χ0n) is 9.61. The minimum absolute atomic E-state index is 0.0243. The maximum atomic E-state index is 12.6. The van der Waals surface area contributed by atoms with Gasteiger partial charge in [0, 0.05) is 6.54 Å². The van der Waals surface area contributed by atoms with E-state index in [1.165, 1.54) is 19.1 Å². The van der Waals surface area contributed by atoms with E-state index in [9.17, 15) is 14.3 Å². The predicted octanol–water partition coefficient (Wildman–Crippen LogP) is 0.793. The number of hydrogen-bond acceptors (Lipinski definition) is 3. The second kappa shape index (κ2) is 5.75. The monoisotopic (exact) mass is 241 g/mol. The van der Waals surface area contributed by atoms with Crippen molar-refractivity contribution in [2.24, 2.45) is 0 Å². The lowest BCUT2D eigenvalue weighted by molar-refractivity contribution is -0.156. The number of aliphatic carboxylic acids is 1. The van der Waals surface area contributed by atoms with E-state index in [4.69, 9.17) is 5.11 Å². The van der Waals surface area contributed by atoms with Crippen LogP contribution in [0.4, 0.5) is 4.39 Å². The first-order valence-corrected chi connectivity index (χ1v) is 5.33. The Labute approximate surface area is 99.1 Å². The molecule has 0 amide bonds. The molecular weight excluding hydrogens is 225 g/mol. The van der Waals surface area contributed by atoms with Crippen molar-refractivity contribution in [1.82, 2.24) is 5.32 Å². The zero-order chi connectivity index (χ0) is 12.9. The summed E-state index contributed by atoms with van der Waals surface area (Å²) in [6, 6.07) is 6.10. The first-order chi connectivity index (χ1) is 7.92. The highest BCUT2D eigenvalue weighted by Gasteiger charge is 2.28. The smallest absolute Gasteiger partial charge is 0.336 e. The highest BCUT2D eigenvalue weighted by Crippen LogP contribution is 2.04. The van der Waals surface area contributed by atoms with E-state index in [2.05, 4.69) is 5.32 Å². The van der Waals surface area contributed by atoms with Crippen LogP contribution < -0.4 is 5.32 Å². The van der Waals surface area contributed by atoms with Crippen molar-refractivity contribution in [2.75, 3.05) is 13.1 Å². The topological polar surface area (TPSA) is 69.6 Å². The third kappa shape index (κ3) is 4.50. The summed E-state index contributed by atoms with van der Waals surface area (Å²) in [4.78, 5) is 10.6. The molecule has 94 valence electrons. The van der Waals surface area contributed by atoms with Crippen LogP contribution in [0.25, 0.3) is 0 Å². The van der Waals surface area contributed by atoms with Gasteiger partial charge in [0.2, 0.25) is 0 Å². The van der Waals surface area contributed by atoms with Crippen LogP contribution in [0, 0.1) is 5.82 Å². The van der Waals surface area contributed by atoms with Crippen LogP contribution >= 0.6 is 0 Å². The van der Waals surface area contributed by atoms with Crippen molar-refractivity contribution in [1.29, 1.82) is 0 Å². The quantitative estimate of drug-likeness (QED) is 0.644. The van der Waals surface area contributed by atoms with Crippen molar-refractivity contribution in [2.45, 2.75) is 18.9 Å². The second-order valence-corrected chi connectivity index (χ2v) is 4.13. The number of aliphatic hydroxyl groups is 1. The molecule has 0 saturated carbocycles. The van der Waals surface area contributed by atoms with E-state index in [0.29, 0.717) is 13.0 Å². The third-order valence-corrected chi connectivity index (χ3v) is 2.43. The molecule has 3 N–H and O–H groups in total. The molecule has 0 spiro atoms. The Balaban J connectivity index is 2.29. The molecule has 0 saturated heterocycles. The summed E-state index contributed by atoms with van der Waals surface area (Å²) in [5, 5.41) is 20.9. The summed E-state index contributed by atoms with van der Waals surface area (Å²) < 4.78 is 12.6.